The summed E-state index contributed by atoms with van der Waals surface area (Å²) in [7, 11) is 0. The Labute approximate surface area is 180 Å². The smallest absolute Gasteiger partial charge is 0.274 e. The summed E-state index contributed by atoms with van der Waals surface area (Å²) < 4.78 is 13.7. The fourth-order valence-electron chi connectivity index (χ4n) is 3.95. The van der Waals surface area contributed by atoms with E-state index in [1.165, 1.54) is 6.07 Å². The summed E-state index contributed by atoms with van der Waals surface area (Å²) in [5.41, 5.74) is 3.75. The van der Waals surface area contributed by atoms with Crippen molar-refractivity contribution in [3.05, 3.63) is 84.2 Å². The minimum atomic E-state index is -0.258. The van der Waals surface area contributed by atoms with Gasteiger partial charge in [-0.05, 0) is 48.9 Å². The van der Waals surface area contributed by atoms with E-state index in [0.29, 0.717) is 36.8 Å². The van der Waals surface area contributed by atoms with Crippen molar-refractivity contribution in [2.45, 2.75) is 19.3 Å². The van der Waals surface area contributed by atoms with E-state index in [1.54, 1.807) is 24.5 Å². The molecular weight excluding hydrogens is 391 g/mol. The highest BCUT2D eigenvalue weighted by atomic mass is 19.1. The summed E-state index contributed by atoms with van der Waals surface area (Å²) in [6.45, 7) is 1.25. The lowest BCUT2D eigenvalue weighted by atomic mass is 10.1. The van der Waals surface area contributed by atoms with E-state index in [4.69, 9.17) is 0 Å². The Bertz CT molecular complexity index is 1220. The molecular formula is C25H23FN4O. The van der Waals surface area contributed by atoms with Crippen LogP contribution in [-0.2, 0) is 6.42 Å². The number of fused-ring (bicyclic) bond motifs is 1. The van der Waals surface area contributed by atoms with Gasteiger partial charge in [0.25, 0.3) is 5.91 Å². The van der Waals surface area contributed by atoms with Gasteiger partial charge < -0.3 is 9.88 Å². The molecule has 156 valence electrons. The second kappa shape index (κ2) is 8.30. The van der Waals surface area contributed by atoms with Crippen molar-refractivity contribution >= 4 is 16.8 Å². The summed E-state index contributed by atoms with van der Waals surface area (Å²) >= 11 is 0. The summed E-state index contributed by atoms with van der Waals surface area (Å²) in [6, 6.07) is 14.4. The molecule has 2 heterocycles. The molecule has 4 aromatic rings. The zero-order valence-electron chi connectivity index (χ0n) is 17.1. The molecule has 31 heavy (non-hydrogen) atoms. The third kappa shape index (κ3) is 4.19. The van der Waals surface area contributed by atoms with E-state index in [0.717, 1.165) is 34.9 Å². The normalized spacial score (nSPS) is 13.5. The van der Waals surface area contributed by atoms with Gasteiger partial charge in [0.2, 0.25) is 0 Å². The molecule has 1 N–H and O–H groups in total. The van der Waals surface area contributed by atoms with Crippen LogP contribution in [0.5, 0.6) is 0 Å². The van der Waals surface area contributed by atoms with Crippen molar-refractivity contribution in [3.8, 4) is 11.3 Å². The van der Waals surface area contributed by atoms with Crippen LogP contribution in [0.15, 0.2) is 67.1 Å². The number of hydrogen-bond acceptors (Lipinski definition) is 3. The molecule has 0 spiro atoms. The molecule has 5 nitrogen and oxygen atoms in total. The van der Waals surface area contributed by atoms with Gasteiger partial charge in [-0.1, -0.05) is 30.3 Å². The van der Waals surface area contributed by atoms with Gasteiger partial charge in [-0.25, -0.2) is 9.37 Å². The van der Waals surface area contributed by atoms with E-state index in [-0.39, 0.29) is 11.7 Å². The first-order valence-electron chi connectivity index (χ1n) is 10.6. The summed E-state index contributed by atoms with van der Waals surface area (Å²) in [6.07, 6.45) is 8.02. The Balaban J connectivity index is 1.41. The first-order chi connectivity index (χ1) is 15.2. The second-order valence-electron chi connectivity index (χ2n) is 8.07. The average Bonchev–Trinajstić information content (AvgIpc) is 3.55. The van der Waals surface area contributed by atoms with Crippen LogP contribution in [0.25, 0.3) is 22.2 Å². The molecule has 0 atom stereocenters. The lowest BCUT2D eigenvalue weighted by molar-refractivity contribution is 0.0744. The lowest BCUT2D eigenvalue weighted by Gasteiger charge is -2.23. The van der Waals surface area contributed by atoms with Gasteiger partial charge in [0.1, 0.15) is 11.5 Å². The molecule has 0 bridgehead atoms. The minimum absolute atomic E-state index is 0.107. The summed E-state index contributed by atoms with van der Waals surface area (Å²) in [4.78, 5) is 27.5. The number of nitrogens with zero attached hydrogens (tertiary/aromatic N) is 3. The van der Waals surface area contributed by atoms with Crippen LogP contribution in [0, 0.1) is 11.7 Å². The van der Waals surface area contributed by atoms with Crippen LogP contribution < -0.4 is 0 Å². The van der Waals surface area contributed by atoms with E-state index in [1.807, 2.05) is 41.4 Å². The van der Waals surface area contributed by atoms with Crippen molar-refractivity contribution in [1.29, 1.82) is 0 Å². The number of hydrogen-bond donors (Lipinski definition) is 1. The van der Waals surface area contributed by atoms with Crippen molar-refractivity contribution in [2.75, 3.05) is 13.1 Å². The molecule has 1 aliphatic rings. The summed E-state index contributed by atoms with van der Waals surface area (Å²) in [5.74, 6) is 0.178. The fraction of sp³-hybridized carbons (Fsp3) is 0.240. The zero-order valence-corrected chi connectivity index (χ0v) is 17.1. The number of benzene rings is 2. The molecule has 1 amide bonds. The van der Waals surface area contributed by atoms with Crippen LogP contribution >= 0.6 is 0 Å². The average molecular weight is 414 g/mol. The topological polar surface area (TPSA) is 61.9 Å². The predicted molar refractivity (Wildman–Crippen MR) is 118 cm³/mol. The highest BCUT2D eigenvalue weighted by Gasteiger charge is 2.29. The first kappa shape index (κ1) is 19.4. The third-order valence-electron chi connectivity index (χ3n) is 5.79. The maximum atomic E-state index is 13.7. The Morgan fingerprint density at radius 2 is 1.90 bits per heavy atom. The number of halogens is 1. The largest absolute Gasteiger partial charge is 0.361 e. The molecule has 2 aromatic carbocycles. The van der Waals surface area contributed by atoms with Crippen LogP contribution in [0.3, 0.4) is 0 Å². The molecule has 6 heteroatoms. The minimum Gasteiger partial charge on any atom is -0.361 e. The molecule has 0 aliphatic heterocycles. The number of aromatic amines is 1. The Morgan fingerprint density at radius 3 is 2.71 bits per heavy atom. The third-order valence-corrected chi connectivity index (χ3v) is 5.79. The number of aromatic nitrogens is 3. The van der Waals surface area contributed by atoms with Gasteiger partial charge >= 0.3 is 0 Å². The second-order valence-corrected chi connectivity index (χ2v) is 8.07. The van der Waals surface area contributed by atoms with E-state index < -0.39 is 0 Å². The fourth-order valence-corrected chi connectivity index (χ4v) is 3.95. The van der Waals surface area contributed by atoms with Gasteiger partial charge in [-0.2, -0.15) is 0 Å². The molecule has 1 fully saturated rings. The molecule has 5 rings (SSSR count). The zero-order chi connectivity index (χ0) is 21.2. The van der Waals surface area contributed by atoms with Crippen LogP contribution in [-0.4, -0.2) is 38.8 Å². The van der Waals surface area contributed by atoms with Crippen LogP contribution in [0.1, 0.15) is 28.9 Å². The molecule has 1 saturated carbocycles. The van der Waals surface area contributed by atoms with Crippen molar-refractivity contribution in [3.63, 3.8) is 0 Å². The maximum absolute atomic E-state index is 13.7. The van der Waals surface area contributed by atoms with Gasteiger partial charge in [0.05, 0.1) is 0 Å². The number of carbonyl (C=O) groups excluding carboxylic acids is 1. The Kier molecular flexibility index (Phi) is 5.20. The SMILES string of the molecule is O=C(c1nccnc1-c1ccccc1)N(CCc1c[nH]c2ccc(F)cc12)CC1CC1. The monoisotopic (exact) mass is 414 g/mol. The van der Waals surface area contributed by atoms with Crippen LogP contribution in [0.4, 0.5) is 4.39 Å². The molecule has 0 saturated heterocycles. The van der Waals surface area contributed by atoms with E-state index in [9.17, 15) is 9.18 Å². The van der Waals surface area contributed by atoms with Crippen molar-refractivity contribution in [1.82, 2.24) is 19.9 Å². The van der Waals surface area contributed by atoms with Gasteiger partial charge in [0, 0.05) is 48.1 Å². The number of H-pyrrole nitrogens is 1. The van der Waals surface area contributed by atoms with E-state index >= 15 is 0 Å². The van der Waals surface area contributed by atoms with Gasteiger partial charge in [0.15, 0.2) is 5.69 Å². The molecule has 0 unspecified atom stereocenters. The Morgan fingerprint density at radius 1 is 1.10 bits per heavy atom. The maximum Gasteiger partial charge on any atom is 0.274 e. The van der Waals surface area contributed by atoms with Gasteiger partial charge in [-0.15, -0.1) is 0 Å². The van der Waals surface area contributed by atoms with Gasteiger partial charge in [-0.3, -0.25) is 9.78 Å². The molecule has 2 aromatic heterocycles. The highest BCUT2D eigenvalue weighted by molar-refractivity contribution is 5.98. The molecule has 1 aliphatic carbocycles. The van der Waals surface area contributed by atoms with E-state index in [2.05, 4.69) is 15.0 Å². The number of nitrogens with one attached hydrogen (secondary N) is 1. The lowest BCUT2D eigenvalue weighted by Crippen LogP contribution is -2.35. The predicted octanol–water partition coefficient (Wildman–Crippen LogP) is 4.86. The number of amides is 1. The van der Waals surface area contributed by atoms with Crippen molar-refractivity contribution in [2.24, 2.45) is 5.92 Å². The first-order valence-corrected chi connectivity index (χ1v) is 10.6. The quantitative estimate of drug-likeness (QED) is 0.470. The summed E-state index contributed by atoms with van der Waals surface area (Å²) in [5, 5.41) is 0.864. The molecule has 0 radical (unpaired) electrons. The Hall–Kier alpha value is -3.54. The number of carbonyl (C=O) groups is 1. The standard InChI is InChI=1S/C25H23FN4O/c26-20-8-9-22-21(14-20)19(15-29-22)10-13-30(16-17-6-7-17)25(31)24-23(27-11-12-28-24)18-4-2-1-3-5-18/h1-5,8-9,11-12,14-15,17,29H,6-7,10,13,16H2. The highest BCUT2D eigenvalue weighted by Crippen LogP contribution is 2.31. The van der Waals surface area contributed by atoms with Crippen molar-refractivity contribution < 1.29 is 9.18 Å². The van der Waals surface area contributed by atoms with Crippen LogP contribution in [0.2, 0.25) is 0 Å². The number of rotatable bonds is 7.